The summed E-state index contributed by atoms with van der Waals surface area (Å²) in [5, 5.41) is 0. The molecule has 2 rings (SSSR count). The highest BCUT2D eigenvalue weighted by Gasteiger charge is 2.04. The molecule has 0 saturated heterocycles. The van der Waals surface area contributed by atoms with Crippen LogP contribution in [0.2, 0.25) is 0 Å². The standard InChI is InChI=1S/C14H16NO/c1-2-3-5-10-14-15-11-13(16-14)12-8-6-4-7-9-12/h4,6-9,11H,1-3,5,10H2. The van der Waals surface area contributed by atoms with Gasteiger partial charge in [-0.3, -0.25) is 0 Å². The molecule has 1 radical (unpaired) electrons. The number of hydrogen-bond acceptors (Lipinski definition) is 2. The highest BCUT2D eigenvalue weighted by Crippen LogP contribution is 2.20. The van der Waals surface area contributed by atoms with Crippen molar-refractivity contribution in [3.8, 4) is 11.3 Å². The summed E-state index contributed by atoms with van der Waals surface area (Å²) >= 11 is 0. The van der Waals surface area contributed by atoms with Gasteiger partial charge >= 0.3 is 0 Å². The average molecular weight is 214 g/mol. The van der Waals surface area contributed by atoms with E-state index in [1.165, 1.54) is 0 Å². The first kappa shape index (κ1) is 10.9. The van der Waals surface area contributed by atoms with Gasteiger partial charge < -0.3 is 4.42 Å². The summed E-state index contributed by atoms with van der Waals surface area (Å²) in [6.45, 7) is 3.82. The zero-order valence-corrected chi connectivity index (χ0v) is 9.36. The van der Waals surface area contributed by atoms with Crippen molar-refractivity contribution in [3.63, 3.8) is 0 Å². The Labute approximate surface area is 96.3 Å². The molecule has 1 aromatic heterocycles. The van der Waals surface area contributed by atoms with Crippen LogP contribution < -0.4 is 0 Å². The third-order valence-electron chi connectivity index (χ3n) is 2.50. The second kappa shape index (κ2) is 5.50. The molecule has 2 nitrogen and oxygen atoms in total. The van der Waals surface area contributed by atoms with Crippen LogP contribution in [0.4, 0.5) is 0 Å². The molecule has 0 saturated carbocycles. The topological polar surface area (TPSA) is 26.0 Å². The molecule has 0 bridgehead atoms. The van der Waals surface area contributed by atoms with Crippen molar-refractivity contribution >= 4 is 0 Å². The Balaban J connectivity index is 2.02. The van der Waals surface area contributed by atoms with E-state index in [1.807, 2.05) is 30.3 Å². The third-order valence-corrected chi connectivity index (χ3v) is 2.50. The normalized spacial score (nSPS) is 10.6. The van der Waals surface area contributed by atoms with E-state index in [0.29, 0.717) is 0 Å². The van der Waals surface area contributed by atoms with Crippen molar-refractivity contribution in [3.05, 3.63) is 49.3 Å². The molecule has 16 heavy (non-hydrogen) atoms. The minimum absolute atomic E-state index is 0.826. The summed E-state index contributed by atoms with van der Waals surface area (Å²) in [4.78, 5) is 4.28. The monoisotopic (exact) mass is 214 g/mol. The molecule has 0 unspecified atom stereocenters. The molecule has 0 amide bonds. The highest BCUT2D eigenvalue weighted by atomic mass is 16.4. The Kier molecular flexibility index (Phi) is 3.76. The van der Waals surface area contributed by atoms with Crippen molar-refractivity contribution in [2.75, 3.05) is 0 Å². The molecular weight excluding hydrogens is 198 g/mol. The van der Waals surface area contributed by atoms with E-state index in [4.69, 9.17) is 4.42 Å². The lowest BCUT2D eigenvalue weighted by Gasteiger charge is -1.95. The number of hydrogen-bond donors (Lipinski definition) is 0. The quantitative estimate of drug-likeness (QED) is 0.706. The molecule has 83 valence electrons. The fourth-order valence-corrected chi connectivity index (χ4v) is 1.61. The van der Waals surface area contributed by atoms with Gasteiger partial charge in [0.25, 0.3) is 0 Å². The first-order valence-corrected chi connectivity index (χ1v) is 5.69. The summed E-state index contributed by atoms with van der Waals surface area (Å²) in [5.74, 6) is 1.68. The molecule has 0 atom stereocenters. The van der Waals surface area contributed by atoms with E-state index >= 15 is 0 Å². The number of unbranched alkanes of at least 4 members (excludes halogenated alkanes) is 2. The maximum atomic E-state index is 5.68. The smallest absolute Gasteiger partial charge is 0.194 e. The van der Waals surface area contributed by atoms with Gasteiger partial charge in [0.05, 0.1) is 6.20 Å². The Hall–Kier alpha value is -1.57. The van der Waals surface area contributed by atoms with Crippen molar-refractivity contribution in [2.45, 2.75) is 25.7 Å². The van der Waals surface area contributed by atoms with E-state index in [2.05, 4.69) is 11.9 Å². The summed E-state index contributed by atoms with van der Waals surface area (Å²) in [5.41, 5.74) is 1.08. The Morgan fingerprint density at radius 2 is 1.94 bits per heavy atom. The SMILES string of the molecule is [CH2]CCCCc1ncc(-c2ccccc2)o1. The number of oxazole rings is 1. The average Bonchev–Trinajstić information content (AvgIpc) is 2.79. The summed E-state index contributed by atoms with van der Waals surface area (Å²) in [6.07, 6.45) is 5.91. The predicted octanol–water partition coefficient (Wildman–Crippen LogP) is 3.89. The van der Waals surface area contributed by atoms with Crippen LogP contribution in [-0.2, 0) is 6.42 Å². The van der Waals surface area contributed by atoms with Crippen LogP contribution in [0.25, 0.3) is 11.3 Å². The summed E-state index contributed by atoms with van der Waals surface area (Å²) < 4.78 is 5.68. The number of aryl methyl sites for hydroxylation is 1. The number of benzene rings is 1. The molecular formula is C14H16NO. The summed E-state index contributed by atoms with van der Waals surface area (Å²) in [7, 11) is 0. The maximum absolute atomic E-state index is 5.68. The van der Waals surface area contributed by atoms with Gasteiger partial charge in [0.2, 0.25) is 0 Å². The zero-order chi connectivity index (χ0) is 11.2. The molecule has 0 spiro atoms. The van der Waals surface area contributed by atoms with Gasteiger partial charge in [0, 0.05) is 12.0 Å². The fraction of sp³-hybridized carbons (Fsp3) is 0.286. The van der Waals surface area contributed by atoms with Crippen LogP contribution >= 0.6 is 0 Å². The van der Waals surface area contributed by atoms with Crippen LogP contribution in [-0.4, -0.2) is 4.98 Å². The first-order valence-electron chi connectivity index (χ1n) is 5.69. The van der Waals surface area contributed by atoms with Crippen molar-refractivity contribution < 1.29 is 4.42 Å². The third kappa shape index (κ3) is 2.72. The fourth-order valence-electron chi connectivity index (χ4n) is 1.61. The van der Waals surface area contributed by atoms with Gasteiger partial charge in [0.1, 0.15) is 0 Å². The van der Waals surface area contributed by atoms with Crippen molar-refractivity contribution in [1.82, 2.24) is 4.98 Å². The van der Waals surface area contributed by atoms with Gasteiger partial charge in [-0.1, -0.05) is 50.1 Å². The molecule has 0 aliphatic carbocycles. The van der Waals surface area contributed by atoms with E-state index < -0.39 is 0 Å². The molecule has 0 aliphatic rings. The minimum atomic E-state index is 0.826. The summed E-state index contributed by atoms with van der Waals surface area (Å²) in [6, 6.07) is 10.1. The lowest BCUT2D eigenvalue weighted by atomic mass is 10.2. The number of nitrogens with zero attached hydrogens (tertiary/aromatic N) is 1. The Bertz CT molecular complexity index is 419. The predicted molar refractivity (Wildman–Crippen MR) is 64.9 cm³/mol. The molecule has 0 aliphatic heterocycles. The van der Waals surface area contributed by atoms with Crippen molar-refractivity contribution in [2.24, 2.45) is 0 Å². The van der Waals surface area contributed by atoms with Crippen molar-refractivity contribution in [1.29, 1.82) is 0 Å². The van der Waals surface area contributed by atoms with Gasteiger partial charge in [-0.15, -0.1) is 0 Å². The lowest BCUT2D eigenvalue weighted by Crippen LogP contribution is -1.83. The minimum Gasteiger partial charge on any atom is -0.441 e. The second-order valence-corrected chi connectivity index (χ2v) is 3.79. The van der Waals surface area contributed by atoms with Crippen LogP contribution in [0, 0.1) is 6.92 Å². The number of rotatable bonds is 5. The molecule has 0 fully saturated rings. The van der Waals surface area contributed by atoms with E-state index in [0.717, 1.165) is 42.9 Å². The van der Waals surface area contributed by atoms with Gasteiger partial charge in [0.15, 0.2) is 11.7 Å². The second-order valence-electron chi connectivity index (χ2n) is 3.79. The molecule has 2 heteroatoms. The van der Waals surface area contributed by atoms with E-state index in [-0.39, 0.29) is 0 Å². The van der Waals surface area contributed by atoms with Crippen LogP contribution in [0.5, 0.6) is 0 Å². The largest absolute Gasteiger partial charge is 0.441 e. The van der Waals surface area contributed by atoms with Gasteiger partial charge in [-0.25, -0.2) is 4.98 Å². The van der Waals surface area contributed by atoms with Crippen LogP contribution in [0.1, 0.15) is 25.2 Å². The molecule has 1 heterocycles. The van der Waals surface area contributed by atoms with E-state index in [1.54, 1.807) is 6.20 Å². The molecule has 2 aromatic rings. The lowest BCUT2D eigenvalue weighted by molar-refractivity contribution is 0.494. The molecule has 0 N–H and O–H groups in total. The number of aromatic nitrogens is 1. The molecule has 1 aromatic carbocycles. The zero-order valence-electron chi connectivity index (χ0n) is 9.36. The highest BCUT2D eigenvalue weighted by molar-refractivity contribution is 5.55. The van der Waals surface area contributed by atoms with Crippen LogP contribution in [0.3, 0.4) is 0 Å². The maximum Gasteiger partial charge on any atom is 0.194 e. The van der Waals surface area contributed by atoms with Crippen LogP contribution in [0.15, 0.2) is 40.9 Å². The van der Waals surface area contributed by atoms with Gasteiger partial charge in [-0.05, 0) is 6.42 Å². The first-order chi connectivity index (χ1) is 7.90. The Morgan fingerprint density at radius 3 is 2.69 bits per heavy atom. The Morgan fingerprint density at radius 1 is 1.12 bits per heavy atom. The van der Waals surface area contributed by atoms with E-state index in [9.17, 15) is 0 Å². The van der Waals surface area contributed by atoms with Gasteiger partial charge in [-0.2, -0.15) is 0 Å².